The van der Waals surface area contributed by atoms with Gasteiger partial charge in [-0.3, -0.25) is 4.79 Å². The second-order valence-electron chi connectivity index (χ2n) is 9.34. The van der Waals surface area contributed by atoms with E-state index in [4.69, 9.17) is 9.47 Å². The first-order valence-electron chi connectivity index (χ1n) is 11.1. The Morgan fingerprint density at radius 3 is 2.38 bits per heavy atom. The van der Waals surface area contributed by atoms with Gasteiger partial charge >= 0.3 is 0 Å². The van der Waals surface area contributed by atoms with Gasteiger partial charge in [-0.05, 0) is 58.9 Å². The SMILES string of the molecule is COc1ccc(C(=O)N2CCc3ccccc3C2)cc1COc1ccc(C(C)(C)C)cc1. The summed E-state index contributed by atoms with van der Waals surface area (Å²) in [5, 5.41) is 0. The number of methoxy groups -OCH3 is 1. The second-order valence-corrected chi connectivity index (χ2v) is 9.34. The lowest BCUT2D eigenvalue weighted by atomic mass is 9.87. The van der Waals surface area contributed by atoms with Gasteiger partial charge in [0, 0.05) is 24.2 Å². The molecule has 1 aliphatic heterocycles. The normalized spacial score (nSPS) is 13.4. The van der Waals surface area contributed by atoms with E-state index >= 15 is 0 Å². The van der Waals surface area contributed by atoms with Crippen molar-refractivity contribution in [3.8, 4) is 11.5 Å². The van der Waals surface area contributed by atoms with E-state index in [0.717, 1.165) is 30.0 Å². The summed E-state index contributed by atoms with van der Waals surface area (Å²) in [7, 11) is 1.64. The van der Waals surface area contributed by atoms with Gasteiger partial charge in [-0.25, -0.2) is 0 Å². The van der Waals surface area contributed by atoms with E-state index in [1.165, 1.54) is 16.7 Å². The maximum absolute atomic E-state index is 13.2. The van der Waals surface area contributed by atoms with Crippen LogP contribution in [0.3, 0.4) is 0 Å². The summed E-state index contributed by atoms with van der Waals surface area (Å²) < 4.78 is 11.5. The van der Waals surface area contributed by atoms with Crippen LogP contribution in [0.4, 0.5) is 0 Å². The Morgan fingerprint density at radius 1 is 0.969 bits per heavy atom. The number of nitrogens with zero attached hydrogens (tertiary/aromatic N) is 1. The number of hydrogen-bond donors (Lipinski definition) is 0. The zero-order valence-electron chi connectivity index (χ0n) is 19.4. The standard InChI is InChI=1S/C28H31NO3/c1-28(2,3)24-10-12-25(13-11-24)32-19-23-17-21(9-14-26(23)31-4)27(30)29-16-15-20-7-5-6-8-22(20)18-29/h5-14,17H,15-16,18-19H2,1-4H3. The van der Waals surface area contributed by atoms with Gasteiger partial charge in [0.1, 0.15) is 18.1 Å². The third kappa shape index (κ3) is 4.80. The molecule has 0 spiro atoms. The van der Waals surface area contributed by atoms with Gasteiger partial charge in [0.15, 0.2) is 0 Å². The van der Waals surface area contributed by atoms with Crippen molar-refractivity contribution in [2.24, 2.45) is 0 Å². The van der Waals surface area contributed by atoms with Crippen LogP contribution in [0.5, 0.6) is 11.5 Å². The maximum atomic E-state index is 13.2. The molecule has 0 radical (unpaired) electrons. The molecule has 4 rings (SSSR count). The zero-order valence-corrected chi connectivity index (χ0v) is 19.4. The van der Waals surface area contributed by atoms with Crippen molar-refractivity contribution in [3.05, 3.63) is 94.5 Å². The lowest BCUT2D eigenvalue weighted by Gasteiger charge is -2.29. The summed E-state index contributed by atoms with van der Waals surface area (Å²) in [6.45, 7) is 8.29. The van der Waals surface area contributed by atoms with E-state index in [1.807, 2.05) is 41.3 Å². The molecule has 0 saturated carbocycles. The predicted octanol–water partition coefficient (Wildman–Crippen LogP) is 5.77. The van der Waals surface area contributed by atoms with Gasteiger partial charge in [0.25, 0.3) is 5.91 Å². The van der Waals surface area contributed by atoms with Crippen molar-refractivity contribution in [1.82, 2.24) is 4.90 Å². The van der Waals surface area contributed by atoms with Crippen LogP contribution in [0, 0.1) is 0 Å². The lowest BCUT2D eigenvalue weighted by Crippen LogP contribution is -2.36. The molecular formula is C28H31NO3. The van der Waals surface area contributed by atoms with Crippen LogP contribution in [0.1, 0.15) is 53.4 Å². The number of benzene rings is 3. The Morgan fingerprint density at radius 2 is 1.69 bits per heavy atom. The highest BCUT2D eigenvalue weighted by Gasteiger charge is 2.22. The van der Waals surface area contributed by atoms with Crippen LogP contribution < -0.4 is 9.47 Å². The average molecular weight is 430 g/mol. The molecular weight excluding hydrogens is 398 g/mol. The van der Waals surface area contributed by atoms with E-state index in [-0.39, 0.29) is 11.3 Å². The number of carbonyl (C=O) groups is 1. The van der Waals surface area contributed by atoms with Crippen molar-refractivity contribution in [1.29, 1.82) is 0 Å². The molecule has 0 aromatic heterocycles. The van der Waals surface area contributed by atoms with Gasteiger partial charge < -0.3 is 14.4 Å². The molecule has 3 aromatic rings. The molecule has 0 saturated heterocycles. The van der Waals surface area contributed by atoms with Gasteiger partial charge in [0.2, 0.25) is 0 Å². The van der Waals surface area contributed by atoms with Gasteiger partial charge in [-0.15, -0.1) is 0 Å². The molecule has 0 unspecified atom stereocenters. The first kappa shape index (κ1) is 21.9. The third-order valence-electron chi connectivity index (χ3n) is 6.06. The van der Waals surface area contributed by atoms with E-state index < -0.39 is 0 Å². The molecule has 0 N–H and O–H groups in total. The Kier molecular flexibility index (Phi) is 6.22. The molecule has 0 atom stereocenters. The molecule has 0 fully saturated rings. The number of amides is 1. The predicted molar refractivity (Wildman–Crippen MR) is 127 cm³/mol. The van der Waals surface area contributed by atoms with Crippen molar-refractivity contribution >= 4 is 5.91 Å². The molecule has 166 valence electrons. The Bertz CT molecular complexity index is 1100. The highest BCUT2D eigenvalue weighted by atomic mass is 16.5. The van der Waals surface area contributed by atoms with Crippen LogP contribution in [0.2, 0.25) is 0 Å². The summed E-state index contributed by atoms with van der Waals surface area (Å²) in [5.74, 6) is 1.55. The topological polar surface area (TPSA) is 38.8 Å². The summed E-state index contributed by atoms with van der Waals surface area (Å²) in [6, 6.07) is 22.1. The van der Waals surface area contributed by atoms with Crippen LogP contribution in [-0.2, 0) is 25.0 Å². The molecule has 1 aliphatic rings. The van der Waals surface area contributed by atoms with Crippen LogP contribution in [-0.4, -0.2) is 24.5 Å². The molecule has 1 heterocycles. The Hall–Kier alpha value is -3.27. The highest BCUT2D eigenvalue weighted by Crippen LogP contribution is 2.27. The Balaban J connectivity index is 1.48. The Labute approximate surface area is 190 Å². The fraction of sp³-hybridized carbons (Fsp3) is 0.321. The molecule has 0 aliphatic carbocycles. The lowest BCUT2D eigenvalue weighted by molar-refractivity contribution is 0.0734. The molecule has 3 aromatic carbocycles. The van der Waals surface area contributed by atoms with Crippen molar-refractivity contribution in [2.75, 3.05) is 13.7 Å². The fourth-order valence-corrected chi connectivity index (χ4v) is 4.09. The average Bonchev–Trinajstić information content (AvgIpc) is 2.81. The second kappa shape index (κ2) is 9.07. The minimum absolute atomic E-state index is 0.0398. The van der Waals surface area contributed by atoms with Gasteiger partial charge in [-0.2, -0.15) is 0 Å². The zero-order chi connectivity index (χ0) is 22.7. The van der Waals surface area contributed by atoms with Crippen LogP contribution >= 0.6 is 0 Å². The first-order chi connectivity index (χ1) is 15.3. The number of rotatable bonds is 5. The van der Waals surface area contributed by atoms with Crippen LogP contribution in [0.15, 0.2) is 66.7 Å². The quantitative estimate of drug-likeness (QED) is 0.517. The molecule has 4 heteroatoms. The first-order valence-corrected chi connectivity index (χ1v) is 11.1. The molecule has 1 amide bonds. The number of ether oxygens (including phenoxy) is 2. The molecule has 4 nitrogen and oxygen atoms in total. The van der Waals surface area contributed by atoms with E-state index in [1.54, 1.807) is 7.11 Å². The number of carbonyl (C=O) groups excluding carboxylic acids is 1. The monoisotopic (exact) mass is 429 g/mol. The minimum Gasteiger partial charge on any atom is -0.496 e. The van der Waals surface area contributed by atoms with Crippen molar-refractivity contribution in [2.45, 2.75) is 45.8 Å². The molecule has 32 heavy (non-hydrogen) atoms. The van der Waals surface area contributed by atoms with Gasteiger partial charge in [0.05, 0.1) is 7.11 Å². The van der Waals surface area contributed by atoms with Gasteiger partial charge in [-0.1, -0.05) is 57.2 Å². The number of fused-ring (bicyclic) bond motifs is 1. The van der Waals surface area contributed by atoms with Crippen molar-refractivity contribution < 1.29 is 14.3 Å². The fourth-order valence-electron chi connectivity index (χ4n) is 4.09. The summed E-state index contributed by atoms with van der Waals surface area (Å²) >= 11 is 0. The summed E-state index contributed by atoms with van der Waals surface area (Å²) in [5.41, 5.74) is 5.44. The number of hydrogen-bond acceptors (Lipinski definition) is 3. The van der Waals surface area contributed by atoms with Crippen molar-refractivity contribution in [3.63, 3.8) is 0 Å². The summed E-state index contributed by atoms with van der Waals surface area (Å²) in [4.78, 5) is 15.1. The van der Waals surface area contributed by atoms with E-state index in [0.29, 0.717) is 18.7 Å². The maximum Gasteiger partial charge on any atom is 0.254 e. The van der Waals surface area contributed by atoms with Crippen LogP contribution in [0.25, 0.3) is 0 Å². The summed E-state index contributed by atoms with van der Waals surface area (Å²) in [6.07, 6.45) is 0.887. The van der Waals surface area contributed by atoms with E-state index in [9.17, 15) is 4.79 Å². The molecule has 0 bridgehead atoms. The largest absolute Gasteiger partial charge is 0.496 e. The highest BCUT2D eigenvalue weighted by molar-refractivity contribution is 5.94. The minimum atomic E-state index is 0.0398. The third-order valence-corrected chi connectivity index (χ3v) is 6.06. The smallest absolute Gasteiger partial charge is 0.254 e. The van der Waals surface area contributed by atoms with E-state index in [2.05, 4.69) is 51.1 Å².